The van der Waals surface area contributed by atoms with Gasteiger partial charge in [0, 0.05) is 31.9 Å². The van der Waals surface area contributed by atoms with Gasteiger partial charge in [0.2, 0.25) is 0 Å². The fourth-order valence-corrected chi connectivity index (χ4v) is 4.00. The van der Waals surface area contributed by atoms with Crippen molar-refractivity contribution < 1.29 is 9.53 Å². The molecule has 0 unspecified atom stereocenters. The molecule has 1 aliphatic rings. The average molecular weight is 405 g/mol. The standard InChI is InChI=1S/C24H28N4O2/c1-4-19-7-5-6-8-22(19)26-13-15-27(16-14-26)24(29)23-17-18(2)25-28(23)20-9-11-21(30-3)12-10-20/h5-12,17H,4,13-16H2,1-3H3. The fraction of sp³-hybridized carbons (Fsp3) is 0.333. The van der Waals surface area contributed by atoms with E-state index in [2.05, 4.69) is 41.2 Å². The van der Waals surface area contributed by atoms with E-state index in [1.54, 1.807) is 11.8 Å². The molecule has 0 N–H and O–H groups in total. The van der Waals surface area contributed by atoms with Gasteiger partial charge < -0.3 is 14.5 Å². The van der Waals surface area contributed by atoms with E-state index < -0.39 is 0 Å². The maximum atomic E-state index is 13.3. The van der Waals surface area contributed by atoms with Gasteiger partial charge in [-0.3, -0.25) is 4.79 Å². The van der Waals surface area contributed by atoms with Crippen LogP contribution in [0.5, 0.6) is 5.75 Å². The molecule has 0 radical (unpaired) electrons. The number of carbonyl (C=O) groups is 1. The van der Waals surface area contributed by atoms with Gasteiger partial charge in [-0.25, -0.2) is 4.68 Å². The number of nitrogens with zero attached hydrogens (tertiary/aromatic N) is 4. The molecule has 1 saturated heterocycles. The van der Waals surface area contributed by atoms with Crippen molar-refractivity contribution in [3.8, 4) is 11.4 Å². The van der Waals surface area contributed by atoms with Crippen LogP contribution in [0.1, 0.15) is 28.7 Å². The molecule has 30 heavy (non-hydrogen) atoms. The number of hydrogen-bond donors (Lipinski definition) is 0. The lowest BCUT2D eigenvalue weighted by Gasteiger charge is -2.37. The van der Waals surface area contributed by atoms with Crippen molar-refractivity contribution in [1.82, 2.24) is 14.7 Å². The zero-order valence-corrected chi connectivity index (χ0v) is 17.8. The summed E-state index contributed by atoms with van der Waals surface area (Å²) in [7, 11) is 1.64. The van der Waals surface area contributed by atoms with Crippen molar-refractivity contribution >= 4 is 11.6 Å². The Balaban J connectivity index is 1.51. The van der Waals surface area contributed by atoms with Gasteiger partial charge in [0.1, 0.15) is 11.4 Å². The summed E-state index contributed by atoms with van der Waals surface area (Å²) in [6.07, 6.45) is 1.01. The van der Waals surface area contributed by atoms with Crippen LogP contribution in [0.25, 0.3) is 5.69 Å². The smallest absolute Gasteiger partial charge is 0.272 e. The molecule has 156 valence electrons. The van der Waals surface area contributed by atoms with Crippen molar-refractivity contribution in [2.75, 3.05) is 38.2 Å². The number of aromatic nitrogens is 2. The fourth-order valence-electron chi connectivity index (χ4n) is 4.00. The SMILES string of the molecule is CCc1ccccc1N1CCN(C(=O)c2cc(C)nn2-c2ccc(OC)cc2)CC1. The van der Waals surface area contributed by atoms with Crippen LogP contribution in [-0.4, -0.2) is 53.9 Å². The van der Waals surface area contributed by atoms with Gasteiger partial charge in [0.05, 0.1) is 18.5 Å². The number of hydrogen-bond acceptors (Lipinski definition) is 4. The number of anilines is 1. The zero-order valence-electron chi connectivity index (χ0n) is 17.8. The van der Waals surface area contributed by atoms with Gasteiger partial charge in [0.15, 0.2) is 0 Å². The number of piperazine rings is 1. The van der Waals surface area contributed by atoms with Crippen LogP contribution in [-0.2, 0) is 6.42 Å². The molecule has 4 rings (SSSR count). The predicted molar refractivity (Wildman–Crippen MR) is 119 cm³/mol. The molecule has 6 nitrogen and oxygen atoms in total. The highest BCUT2D eigenvalue weighted by atomic mass is 16.5. The molecule has 0 saturated carbocycles. The van der Waals surface area contributed by atoms with Crippen LogP contribution >= 0.6 is 0 Å². The number of rotatable bonds is 5. The maximum Gasteiger partial charge on any atom is 0.272 e. The van der Waals surface area contributed by atoms with Crippen molar-refractivity contribution in [3.05, 3.63) is 71.5 Å². The zero-order chi connectivity index (χ0) is 21.1. The van der Waals surface area contributed by atoms with Gasteiger partial charge >= 0.3 is 0 Å². The number of ether oxygens (including phenoxy) is 1. The molecule has 1 fully saturated rings. The third-order valence-corrected chi connectivity index (χ3v) is 5.65. The van der Waals surface area contributed by atoms with Crippen LogP contribution in [0, 0.1) is 6.92 Å². The third-order valence-electron chi connectivity index (χ3n) is 5.65. The molecular weight excluding hydrogens is 376 g/mol. The third kappa shape index (κ3) is 3.90. The molecule has 1 aromatic heterocycles. The Labute approximate surface area is 177 Å². The highest BCUT2D eigenvalue weighted by molar-refractivity contribution is 5.93. The summed E-state index contributed by atoms with van der Waals surface area (Å²) in [5.41, 5.74) is 4.91. The molecule has 3 aromatic rings. The summed E-state index contributed by atoms with van der Waals surface area (Å²) in [6.45, 7) is 7.15. The molecule has 1 aliphatic heterocycles. The molecule has 0 bridgehead atoms. The van der Waals surface area contributed by atoms with Gasteiger partial charge in [-0.05, 0) is 55.3 Å². The van der Waals surface area contributed by atoms with E-state index in [0.29, 0.717) is 18.8 Å². The minimum absolute atomic E-state index is 0.0230. The largest absolute Gasteiger partial charge is 0.497 e. The molecular formula is C24H28N4O2. The molecule has 6 heteroatoms. The lowest BCUT2D eigenvalue weighted by molar-refractivity contribution is 0.0737. The van der Waals surface area contributed by atoms with Gasteiger partial charge in [-0.15, -0.1) is 0 Å². The molecule has 0 aliphatic carbocycles. The van der Waals surface area contributed by atoms with E-state index in [9.17, 15) is 4.79 Å². The van der Waals surface area contributed by atoms with Crippen molar-refractivity contribution in [3.63, 3.8) is 0 Å². The number of amides is 1. The topological polar surface area (TPSA) is 50.6 Å². The molecule has 2 heterocycles. The second kappa shape index (κ2) is 8.61. The summed E-state index contributed by atoms with van der Waals surface area (Å²) in [4.78, 5) is 17.6. The number of para-hydroxylation sites is 1. The Morgan fingerprint density at radius 3 is 2.40 bits per heavy atom. The first-order valence-corrected chi connectivity index (χ1v) is 10.4. The van der Waals surface area contributed by atoms with Gasteiger partial charge in [0.25, 0.3) is 5.91 Å². The van der Waals surface area contributed by atoms with E-state index in [4.69, 9.17) is 4.74 Å². The van der Waals surface area contributed by atoms with Crippen LogP contribution in [0.3, 0.4) is 0 Å². The van der Waals surface area contributed by atoms with Crippen molar-refractivity contribution in [2.45, 2.75) is 20.3 Å². The van der Waals surface area contributed by atoms with Crippen LogP contribution in [0.4, 0.5) is 5.69 Å². The second-order valence-corrected chi connectivity index (χ2v) is 7.54. The quantitative estimate of drug-likeness (QED) is 0.650. The first kappa shape index (κ1) is 20.0. The summed E-state index contributed by atoms with van der Waals surface area (Å²) in [5, 5.41) is 4.56. The van der Waals surface area contributed by atoms with E-state index in [1.807, 2.05) is 42.2 Å². The minimum Gasteiger partial charge on any atom is -0.497 e. The summed E-state index contributed by atoms with van der Waals surface area (Å²) in [6, 6.07) is 18.0. The van der Waals surface area contributed by atoms with Crippen LogP contribution < -0.4 is 9.64 Å². The number of aryl methyl sites for hydroxylation is 2. The van der Waals surface area contributed by atoms with E-state index in [0.717, 1.165) is 36.6 Å². The molecule has 0 spiro atoms. The molecule has 2 aromatic carbocycles. The Kier molecular flexibility index (Phi) is 5.74. The Bertz CT molecular complexity index is 1020. The molecule has 0 atom stereocenters. The monoisotopic (exact) mass is 404 g/mol. The van der Waals surface area contributed by atoms with Crippen molar-refractivity contribution in [1.29, 1.82) is 0 Å². The summed E-state index contributed by atoms with van der Waals surface area (Å²) in [5.74, 6) is 0.800. The predicted octanol–water partition coefficient (Wildman–Crippen LogP) is 3.71. The lowest BCUT2D eigenvalue weighted by atomic mass is 10.1. The lowest BCUT2D eigenvalue weighted by Crippen LogP contribution is -2.49. The maximum absolute atomic E-state index is 13.3. The summed E-state index contributed by atoms with van der Waals surface area (Å²) < 4.78 is 6.97. The second-order valence-electron chi connectivity index (χ2n) is 7.54. The Morgan fingerprint density at radius 1 is 1.03 bits per heavy atom. The molecule has 1 amide bonds. The number of benzene rings is 2. The van der Waals surface area contributed by atoms with Crippen molar-refractivity contribution in [2.24, 2.45) is 0 Å². The highest BCUT2D eigenvalue weighted by Crippen LogP contribution is 2.23. The Hall–Kier alpha value is -3.28. The minimum atomic E-state index is 0.0230. The first-order valence-electron chi connectivity index (χ1n) is 10.4. The van der Waals surface area contributed by atoms with Gasteiger partial charge in [-0.2, -0.15) is 5.10 Å². The highest BCUT2D eigenvalue weighted by Gasteiger charge is 2.26. The van der Waals surface area contributed by atoms with Crippen LogP contribution in [0.2, 0.25) is 0 Å². The first-order chi connectivity index (χ1) is 14.6. The Morgan fingerprint density at radius 2 is 1.73 bits per heavy atom. The number of methoxy groups -OCH3 is 1. The average Bonchev–Trinajstić information content (AvgIpc) is 3.20. The van der Waals surface area contributed by atoms with E-state index >= 15 is 0 Å². The van der Waals surface area contributed by atoms with E-state index in [-0.39, 0.29) is 5.91 Å². The van der Waals surface area contributed by atoms with E-state index in [1.165, 1.54) is 11.3 Å². The normalized spacial score (nSPS) is 14.1. The van der Waals surface area contributed by atoms with Crippen LogP contribution in [0.15, 0.2) is 54.6 Å². The van der Waals surface area contributed by atoms with Gasteiger partial charge in [-0.1, -0.05) is 25.1 Å². The summed E-state index contributed by atoms with van der Waals surface area (Å²) >= 11 is 0. The number of carbonyl (C=O) groups excluding carboxylic acids is 1.